The summed E-state index contributed by atoms with van der Waals surface area (Å²) < 4.78 is 36.4. The minimum atomic E-state index is -3.12. The molecule has 0 bridgehead atoms. The molecule has 3 rings (SSSR count). The fourth-order valence-corrected chi connectivity index (χ4v) is 17.3. The van der Waals surface area contributed by atoms with Gasteiger partial charge in [-0.1, -0.05) is 61.5 Å². The molecule has 1 saturated carbocycles. The van der Waals surface area contributed by atoms with Gasteiger partial charge < -0.3 is 42.5 Å². The lowest BCUT2D eigenvalue weighted by Gasteiger charge is -2.46. The average Bonchev–Trinajstić information content (AvgIpc) is 3.11. The van der Waals surface area contributed by atoms with Gasteiger partial charge in [0.25, 0.3) is 0 Å². The third-order valence-corrected chi connectivity index (χ3v) is 18.6. The van der Waals surface area contributed by atoms with E-state index in [1.54, 1.807) is 12.1 Å². The second-order valence-corrected chi connectivity index (χ2v) is 21.3. The number of esters is 2. The molecule has 0 spiro atoms. The van der Waals surface area contributed by atoms with Crippen molar-refractivity contribution >= 4 is 35.1 Å². The molecule has 1 aliphatic carbocycles. The number of ether oxygens (including phenoxy) is 3. The molecule has 0 aromatic heterocycles. The molecule has 6 atom stereocenters. The lowest BCUT2D eigenvalue weighted by Crippen LogP contribution is -2.67. The quantitative estimate of drug-likeness (QED) is 0.156. The van der Waals surface area contributed by atoms with Gasteiger partial charge in [-0.05, 0) is 45.9 Å². The van der Waals surface area contributed by atoms with Crippen molar-refractivity contribution in [2.45, 2.75) is 121 Å². The molecule has 0 amide bonds. The van der Waals surface area contributed by atoms with Crippen LogP contribution in [0.5, 0.6) is 11.5 Å². The maximum absolute atomic E-state index is 12.9. The first-order chi connectivity index (χ1) is 20.0. The third-order valence-electron chi connectivity index (χ3n) is 8.30. The van der Waals surface area contributed by atoms with Crippen LogP contribution in [0.25, 0.3) is 6.08 Å². The molecule has 43 heavy (non-hydrogen) atoms. The van der Waals surface area contributed by atoms with Gasteiger partial charge in [-0.25, -0.2) is 4.79 Å². The lowest BCUT2D eigenvalue weighted by atomic mass is 9.85. The van der Waals surface area contributed by atoms with Gasteiger partial charge in [0, 0.05) is 13.0 Å². The molecule has 2 aliphatic rings. The summed E-state index contributed by atoms with van der Waals surface area (Å²) in [5.74, 6) is -0.842. The van der Waals surface area contributed by atoms with Gasteiger partial charge in [-0.3, -0.25) is 4.79 Å². The molecule has 2 fully saturated rings. The molecule has 242 valence electrons. The average molecular weight is 641 g/mol. The zero-order valence-electron chi connectivity index (χ0n) is 26.8. The Morgan fingerprint density at radius 2 is 1.33 bits per heavy atom. The Morgan fingerprint density at radius 3 is 1.79 bits per heavy atom. The van der Waals surface area contributed by atoms with Gasteiger partial charge in [-0.15, -0.1) is 0 Å². The van der Waals surface area contributed by atoms with Crippen LogP contribution in [0.2, 0.25) is 22.2 Å². The fourth-order valence-electron chi connectivity index (χ4n) is 6.02. The van der Waals surface area contributed by atoms with Crippen LogP contribution in [-0.4, -0.2) is 88.1 Å². The molecular formula is C30H48O11Si2. The number of benzene rings is 1. The maximum atomic E-state index is 12.9. The van der Waals surface area contributed by atoms with E-state index in [1.165, 1.54) is 26.2 Å². The number of aliphatic hydroxyl groups excluding tert-OH is 3. The SMILES string of the molecule is COc1cc(/C=C/C(=O)O[C@@H]2[C@@H](O)[C@@H](O)[C@H]3O[Si](C(C)C)(C(C)C)O[Si](C(C)C)(C(C)C)O[C@@H]3[C@H]2O)ccc1OC(C)=O. The van der Waals surface area contributed by atoms with E-state index in [4.69, 9.17) is 27.2 Å². The van der Waals surface area contributed by atoms with E-state index in [-0.39, 0.29) is 33.7 Å². The Morgan fingerprint density at radius 1 is 0.814 bits per heavy atom. The third kappa shape index (κ3) is 7.09. The van der Waals surface area contributed by atoms with Crippen molar-refractivity contribution in [3.05, 3.63) is 29.8 Å². The van der Waals surface area contributed by atoms with E-state index in [0.29, 0.717) is 5.56 Å². The summed E-state index contributed by atoms with van der Waals surface area (Å²) in [7, 11) is -4.78. The fraction of sp³-hybridized carbons (Fsp3) is 0.667. The summed E-state index contributed by atoms with van der Waals surface area (Å²) in [5.41, 5.74) is 0.471. The smallest absolute Gasteiger partial charge is 0.335 e. The largest absolute Gasteiger partial charge is 0.493 e. The first-order valence-corrected chi connectivity index (χ1v) is 18.8. The van der Waals surface area contributed by atoms with Crippen LogP contribution in [0.3, 0.4) is 0 Å². The van der Waals surface area contributed by atoms with Crippen LogP contribution in [0, 0.1) is 0 Å². The Labute approximate surface area is 256 Å². The summed E-state index contributed by atoms with van der Waals surface area (Å²) in [6, 6.07) is 4.71. The van der Waals surface area contributed by atoms with Gasteiger partial charge in [0.05, 0.1) is 7.11 Å². The molecule has 3 N–H and O–H groups in total. The molecule has 0 unspecified atom stereocenters. The number of carbonyl (C=O) groups excluding carboxylic acids is 2. The minimum absolute atomic E-state index is 0.0110. The number of hydrogen-bond acceptors (Lipinski definition) is 11. The maximum Gasteiger partial charge on any atom is 0.335 e. The summed E-state index contributed by atoms with van der Waals surface area (Å²) in [4.78, 5) is 24.2. The van der Waals surface area contributed by atoms with Crippen LogP contribution in [0.4, 0.5) is 0 Å². The zero-order chi connectivity index (χ0) is 32.4. The van der Waals surface area contributed by atoms with E-state index in [2.05, 4.69) is 0 Å². The van der Waals surface area contributed by atoms with Crippen molar-refractivity contribution in [2.24, 2.45) is 0 Å². The molecule has 1 aliphatic heterocycles. The number of rotatable bonds is 9. The number of methoxy groups -OCH3 is 1. The molecule has 1 heterocycles. The van der Waals surface area contributed by atoms with E-state index >= 15 is 0 Å². The monoisotopic (exact) mass is 640 g/mol. The van der Waals surface area contributed by atoms with Crippen LogP contribution in [0.1, 0.15) is 67.9 Å². The van der Waals surface area contributed by atoms with Crippen molar-refractivity contribution in [1.29, 1.82) is 0 Å². The first kappa shape index (κ1) is 35.4. The lowest BCUT2D eigenvalue weighted by molar-refractivity contribution is -0.224. The van der Waals surface area contributed by atoms with Crippen molar-refractivity contribution in [2.75, 3.05) is 7.11 Å². The molecule has 1 aromatic rings. The van der Waals surface area contributed by atoms with Crippen molar-refractivity contribution in [1.82, 2.24) is 0 Å². The molecule has 13 heteroatoms. The first-order valence-electron chi connectivity index (χ1n) is 14.9. The predicted molar refractivity (Wildman–Crippen MR) is 164 cm³/mol. The number of carbonyl (C=O) groups is 2. The van der Waals surface area contributed by atoms with Gasteiger partial charge >= 0.3 is 29.1 Å². The Kier molecular flexibility index (Phi) is 11.4. The van der Waals surface area contributed by atoms with E-state index in [1.807, 2.05) is 55.4 Å². The summed E-state index contributed by atoms with van der Waals surface area (Å²) in [5, 5.41) is 34.0. The van der Waals surface area contributed by atoms with E-state index in [9.17, 15) is 24.9 Å². The summed E-state index contributed by atoms with van der Waals surface area (Å²) in [6.45, 7) is 17.5. The Bertz CT molecular complexity index is 1150. The highest BCUT2D eigenvalue weighted by molar-refractivity contribution is 6.84. The van der Waals surface area contributed by atoms with Crippen LogP contribution < -0.4 is 9.47 Å². The molecule has 11 nitrogen and oxygen atoms in total. The molecule has 0 radical (unpaired) electrons. The molecular weight excluding hydrogens is 592 g/mol. The van der Waals surface area contributed by atoms with Gasteiger partial charge in [0.1, 0.15) is 30.5 Å². The van der Waals surface area contributed by atoms with Gasteiger partial charge in [-0.2, -0.15) is 0 Å². The minimum Gasteiger partial charge on any atom is -0.493 e. The highest BCUT2D eigenvalue weighted by atomic mass is 28.5. The van der Waals surface area contributed by atoms with Gasteiger partial charge in [0.15, 0.2) is 17.6 Å². The van der Waals surface area contributed by atoms with E-state index in [0.717, 1.165) is 6.08 Å². The number of hydrogen-bond donors (Lipinski definition) is 3. The summed E-state index contributed by atoms with van der Waals surface area (Å²) in [6.07, 6.45) is -5.74. The zero-order valence-corrected chi connectivity index (χ0v) is 28.8. The van der Waals surface area contributed by atoms with Crippen molar-refractivity contribution in [3.63, 3.8) is 0 Å². The second kappa shape index (κ2) is 13.9. The van der Waals surface area contributed by atoms with Crippen LogP contribution >= 0.6 is 0 Å². The van der Waals surface area contributed by atoms with Crippen LogP contribution in [-0.2, 0) is 27.3 Å². The second-order valence-electron chi connectivity index (χ2n) is 12.5. The highest BCUT2D eigenvalue weighted by Crippen LogP contribution is 2.49. The van der Waals surface area contributed by atoms with Crippen molar-refractivity contribution in [3.8, 4) is 11.5 Å². The summed E-state index contributed by atoms with van der Waals surface area (Å²) >= 11 is 0. The number of aliphatic hydroxyl groups is 3. The Balaban J connectivity index is 1.92. The van der Waals surface area contributed by atoms with E-state index < -0.39 is 65.7 Å². The standard InChI is InChI=1S/C30H48O11Si2/c1-16(2)42(17(3)4)39-29-26(34)25(33)28(27(35)30(29)40-43(41-42,18(5)6)19(7)8)38-24(32)14-12-21-11-13-22(37-20(9)31)23(15-21)36-10/h11-19,25-30,33-35H,1-10H3/b14-12+/t25-,26+,27-,28+,29+,30+/m0/s1. The Hall–Kier alpha value is -2.11. The molecule has 1 aromatic carbocycles. The predicted octanol–water partition coefficient (Wildman–Crippen LogP) is 3.97. The van der Waals surface area contributed by atoms with Crippen molar-refractivity contribution < 1.29 is 52.1 Å². The normalized spacial score (nSPS) is 28.7. The number of fused-ring (bicyclic) bond motifs is 1. The topological polar surface area (TPSA) is 150 Å². The molecule has 1 saturated heterocycles. The van der Waals surface area contributed by atoms with Gasteiger partial charge in [0.2, 0.25) is 0 Å². The highest BCUT2D eigenvalue weighted by Gasteiger charge is 2.65. The van der Waals surface area contributed by atoms with Crippen LogP contribution in [0.15, 0.2) is 24.3 Å².